The Bertz CT molecular complexity index is 990. The van der Waals surface area contributed by atoms with Crippen molar-refractivity contribution >= 4 is 22.4 Å². The molecule has 0 bridgehead atoms. The predicted molar refractivity (Wildman–Crippen MR) is 94.9 cm³/mol. The average Bonchev–Trinajstić information content (AvgIpc) is 2.58. The van der Waals surface area contributed by atoms with Crippen molar-refractivity contribution in [3.05, 3.63) is 70.1 Å². The molecule has 1 N–H and O–H groups in total. The monoisotopic (exact) mass is 322 g/mol. The number of nitrogens with zero attached hydrogens (tertiary/aromatic N) is 1. The maximum atomic E-state index is 12.5. The Balaban J connectivity index is 1.98. The summed E-state index contributed by atoms with van der Waals surface area (Å²) in [6.45, 7) is 1.89. The number of methoxy groups -OCH3 is 1. The van der Waals surface area contributed by atoms with E-state index < -0.39 is 0 Å². The molecule has 0 saturated carbocycles. The highest BCUT2D eigenvalue weighted by molar-refractivity contribution is 6.09. The zero-order valence-electron chi connectivity index (χ0n) is 13.8. The van der Waals surface area contributed by atoms with Gasteiger partial charge in [0.25, 0.3) is 11.5 Å². The molecular formula is C19H18N2O3. The molecule has 0 radical (unpaired) electrons. The molecule has 2 aromatic carbocycles. The zero-order chi connectivity index (χ0) is 17.3. The topological polar surface area (TPSA) is 60.3 Å². The zero-order valence-corrected chi connectivity index (χ0v) is 13.8. The molecule has 0 spiro atoms. The lowest BCUT2D eigenvalue weighted by Crippen LogP contribution is -2.17. The van der Waals surface area contributed by atoms with Gasteiger partial charge in [-0.15, -0.1) is 0 Å². The van der Waals surface area contributed by atoms with E-state index in [0.717, 1.165) is 16.7 Å². The number of carbonyl (C=O) groups excluding carboxylic acids is 1. The number of benzene rings is 2. The van der Waals surface area contributed by atoms with Gasteiger partial charge in [-0.2, -0.15) is 0 Å². The van der Waals surface area contributed by atoms with E-state index in [1.165, 1.54) is 4.57 Å². The van der Waals surface area contributed by atoms with Crippen molar-refractivity contribution in [2.24, 2.45) is 7.05 Å². The van der Waals surface area contributed by atoms with Gasteiger partial charge in [-0.3, -0.25) is 9.59 Å². The van der Waals surface area contributed by atoms with Crippen LogP contribution in [0.4, 0.5) is 5.69 Å². The van der Waals surface area contributed by atoms with Crippen molar-refractivity contribution in [1.82, 2.24) is 4.57 Å². The predicted octanol–water partition coefficient (Wildman–Crippen LogP) is 3.11. The molecule has 5 heteroatoms. The smallest absolute Gasteiger partial charge is 0.258 e. The lowest BCUT2D eigenvalue weighted by atomic mass is 10.1. The number of carbonyl (C=O) groups is 1. The van der Waals surface area contributed by atoms with Crippen molar-refractivity contribution < 1.29 is 9.53 Å². The number of anilines is 1. The fraction of sp³-hybridized carbons (Fsp3) is 0.158. The highest BCUT2D eigenvalue weighted by Gasteiger charge is 2.11. The van der Waals surface area contributed by atoms with Crippen LogP contribution in [0.2, 0.25) is 0 Å². The van der Waals surface area contributed by atoms with Gasteiger partial charge in [0.1, 0.15) is 5.75 Å². The standard InChI is InChI=1S/C19H18N2O3/c1-12-11-13(7-8-17(12)24-3)18(22)20-16-6-4-5-15-14(16)9-10-21(2)19(15)23/h4-11H,1-3H3,(H,20,22). The first kappa shape index (κ1) is 15.8. The number of aryl methyl sites for hydroxylation is 2. The summed E-state index contributed by atoms with van der Waals surface area (Å²) in [6, 6.07) is 12.4. The number of amides is 1. The summed E-state index contributed by atoms with van der Waals surface area (Å²) in [5.74, 6) is 0.508. The summed E-state index contributed by atoms with van der Waals surface area (Å²) >= 11 is 0. The Labute approximate surface area is 139 Å². The van der Waals surface area contributed by atoms with Gasteiger partial charge in [-0.25, -0.2) is 0 Å². The van der Waals surface area contributed by atoms with Crippen LogP contribution >= 0.6 is 0 Å². The fourth-order valence-electron chi connectivity index (χ4n) is 2.70. The highest BCUT2D eigenvalue weighted by atomic mass is 16.5. The Morgan fingerprint density at radius 1 is 1.12 bits per heavy atom. The van der Waals surface area contributed by atoms with E-state index in [0.29, 0.717) is 16.6 Å². The number of rotatable bonds is 3. The quantitative estimate of drug-likeness (QED) is 0.806. The number of fused-ring (bicyclic) bond motifs is 1. The molecule has 1 aromatic heterocycles. The maximum absolute atomic E-state index is 12.5. The normalized spacial score (nSPS) is 10.6. The van der Waals surface area contributed by atoms with Crippen molar-refractivity contribution in [1.29, 1.82) is 0 Å². The number of ether oxygens (including phenoxy) is 1. The lowest BCUT2D eigenvalue weighted by Gasteiger charge is -2.11. The summed E-state index contributed by atoms with van der Waals surface area (Å²) in [5.41, 5.74) is 1.94. The molecule has 0 saturated heterocycles. The minimum Gasteiger partial charge on any atom is -0.496 e. The second kappa shape index (κ2) is 6.20. The van der Waals surface area contributed by atoms with E-state index in [-0.39, 0.29) is 11.5 Å². The molecule has 1 amide bonds. The molecule has 0 fully saturated rings. The molecule has 1 heterocycles. The fourth-order valence-corrected chi connectivity index (χ4v) is 2.70. The third-order valence-electron chi connectivity index (χ3n) is 4.03. The third kappa shape index (κ3) is 2.76. The van der Waals surface area contributed by atoms with E-state index in [2.05, 4.69) is 5.32 Å². The van der Waals surface area contributed by atoms with Crippen molar-refractivity contribution in [2.45, 2.75) is 6.92 Å². The van der Waals surface area contributed by atoms with Gasteiger partial charge < -0.3 is 14.6 Å². The Morgan fingerprint density at radius 2 is 1.92 bits per heavy atom. The summed E-state index contributed by atoms with van der Waals surface area (Å²) < 4.78 is 6.73. The van der Waals surface area contributed by atoms with Gasteiger partial charge in [-0.1, -0.05) is 6.07 Å². The van der Waals surface area contributed by atoms with E-state index >= 15 is 0 Å². The van der Waals surface area contributed by atoms with Gasteiger partial charge in [0.2, 0.25) is 0 Å². The number of hydrogen-bond acceptors (Lipinski definition) is 3. The van der Waals surface area contributed by atoms with Crippen molar-refractivity contribution in [3.8, 4) is 5.75 Å². The lowest BCUT2D eigenvalue weighted by molar-refractivity contribution is 0.102. The van der Waals surface area contributed by atoms with Gasteiger partial charge in [0.15, 0.2) is 0 Å². The Kier molecular flexibility index (Phi) is 4.08. The second-order valence-electron chi connectivity index (χ2n) is 5.64. The van der Waals surface area contributed by atoms with Gasteiger partial charge in [0, 0.05) is 35.3 Å². The van der Waals surface area contributed by atoms with Crippen LogP contribution in [0.5, 0.6) is 5.75 Å². The first-order chi connectivity index (χ1) is 11.5. The Hall–Kier alpha value is -3.08. The highest BCUT2D eigenvalue weighted by Crippen LogP contribution is 2.23. The van der Waals surface area contributed by atoms with Crippen LogP contribution in [0.15, 0.2) is 53.5 Å². The van der Waals surface area contributed by atoms with E-state index in [1.807, 2.05) is 13.0 Å². The van der Waals surface area contributed by atoms with E-state index in [4.69, 9.17) is 4.74 Å². The number of pyridine rings is 1. The molecule has 0 aliphatic heterocycles. The molecule has 24 heavy (non-hydrogen) atoms. The summed E-state index contributed by atoms with van der Waals surface area (Å²) in [4.78, 5) is 24.7. The molecule has 3 aromatic rings. The van der Waals surface area contributed by atoms with Gasteiger partial charge in [0.05, 0.1) is 7.11 Å². The van der Waals surface area contributed by atoms with Crippen LogP contribution in [0.1, 0.15) is 15.9 Å². The number of hydrogen-bond donors (Lipinski definition) is 1. The first-order valence-electron chi connectivity index (χ1n) is 7.55. The SMILES string of the molecule is COc1ccc(C(=O)Nc2cccc3c(=O)n(C)ccc23)cc1C. The van der Waals surface area contributed by atoms with Gasteiger partial charge >= 0.3 is 0 Å². The molecule has 0 aliphatic carbocycles. The van der Waals surface area contributed by atoms with Crippen LogP contribution in [0.25, 0.3) is 10.8 Å². The van der Waals surface area contributed by atoms with E-state index in [9.17, 15) is 9.59 Å². The van der Waals surface area contributed by atoms with Crippen LogP contribution in [-0.2, 0) is 7.05 Å². The summed E-state index contributed by atoms with van der Waals surface area (Å²) in [6.07, 6.45) is 1.69. The van der Waals surface area contributed by atoms with Crippen LogP contribution in [0, 0.1) is 6.92 Å². The molecule has 0 aliphatic rings. The maximum Gasteiger partial charge on any atom is 0.258 e. The van der Waals surface area contributed by atoms with E-state index in [1.54, 1.807) is 56.8 Å². The number of nitrogens with one attached hydrogen (secondary N) is 1. The molecule has 0 unspecified atom stereocenters. The number of aromatic nitrogens is 1. The molecule has 3 rings (SSSR count). The van der Waals surface area contributed by atoms with Crippen LogP contribution in [0.3, 0.4) is 0 Å². The second-order valence-corrected chi connectivity index (χ2v) is 5.64. The van der Waals surface area contributed by atoms with Crippen LogP contribution < -0.4 is 15.6 Å². The van der Waals surface area contributed by atoms with Crippen molar-refractivity contribution in [3.63, 3.8) is 0 Å². The molecular weight excluding hydrogens is 304 g/mol. The Morgan fingerprint density at radius 3 is 2.62 bits per heavy atom. The largest absolute Gasteiger partial charge is 0.496 e. The van der Waals surface area contributed by atoms with Crippen molar-refractivity contribution in [2.75, 3.05) is 12.4 Å². The van der Waals surface area contributed by atoms with Gasteiger partial charge in [-0.05, 0) is 48.9 Å². The minimum atomic E-state index is -0.228. The molecule has 0 atom stereocenters. The minimum absolute atomic E-state index is 0.0936. The molecule has 5 nitrogen and oxygen atoms in total. The molecule has 122 valence electrons. The third-order valence-corrected chi connectivity index (χ3v) is 4.03. The first-order valence-corrected chi connectivity index (χ1v) is 7.55. The average molecular weight is 322 g/mol. The summed E-state index contributed by atoms with van der Waals surface area (Å²) in [5, 5.41) is 4.18. The van der Waals surface area contributed by atoms with Crippen LogP contribution in [-0.4, -0.2) is 17.6 Å². The summed E-state index contributed by atoms with van der Waals surface area (Å²) in [7, 11) is 3.30.